The first-order valence-corrected chi connectivity index (χ1v) is 9.10. The third-order valence-corrected chi connectivity index (χ3v) is 4.19. The van der Waals surface area contributed by atoms with Crippen molar-refractivity contribution < 1.29 is 23.5 Å². The van der Waals surface area contributed by atoms with Crippen molar-refractivity contribution in [3.05, 3.63) is 71.6 Å². The molecule has 0 radical (unpaired) electrons. The predicted octanol–water partition coefficient (Wildman–Crippen LogP) is 4.60. The number of benzene rings is 2. The Bertz CT molecular complexity index is 987. The van der Waals surface area contributed by atoms with Gasteiger partial charge in [-0.3, -0.25) is 9.59 Å². The summed E-state index contributed by atoms with van der Waals surface area (Å²) in [5.41, 5.74) is 1.02. The van der Waals surface area contributed by atoms with E-state index >= 15 is 0 Å². The Labute approximate surface area is 172 Å². The maximum atomic E-state index is 12.4. The lowest BCUT2D eigenvalue weighted by Gasteiger charge is -2.16. The van der Waals surface area contributed by atoms with Crippen molar-refractivity contribution in [2.24, 2.45) is 0 Å². The minimum absolute atomic E-state index is 0.215. The third-order valence-electron chi connectivity index (χ3n) is 3.96. The van der Waals surface area contributed by atoms with E-state index in [-0.39, 0.29) is 17.6 Å². The van der Waals surface area contributed by atoms with Gasteiger partial charge in [0.1, 0.15) is 11.5 Å². The molecule has 3 rings (SSSR count). The molecule has 0 aliphatic heterocycles. The molecule has 1 unspecified atom stereocenters. The molecule has 2 N–H and O–H groups in total. The third kappa shape index (κ3) is 5.30. The van der Waals surface area contributed by atoms with Crippen LogP contribution in [0.15, 0.2) is 65.3 Å². The number of hydrogen-bond donors (Lipinski definition) is 2. The number of nitrogens with one attached hydrogen (secondary N) is 2. The minimum atomic E-state index is -0.776. The number of carbonyl (C=O) groups is 2. The number of halogens is 1. The van der Waals surface area contributed by atoms with E-state index in [1.165, 1.54) is 13.4 Å². The molecule has 150 valence electrons. The summed E-state index contributed by atoms with van der Waals surface area (Å²) >= 11 is 5.98. The summed E-state index contributed by atoms with van der Waals surface area (Å²) < 4.78 is 15.9. The van der Waals surface area contributed by atoms with Crippen molar-refractivity contribution in [1.82, 2.24) is 0 Å². The largest absolute Gasteiger partial charge is 0.495 e. The predicted molar refractivity (Wildman–Crippen MR) is 110 cm³/mol. The van der Waals surface area contributed by atoms with Crippen molar-refractivity contribution in [1.29, 1.82) is 0 Å². The Morgan fingerprint density at radius 2 is 1.83 bits per heavy atom. The summed E-state index contributed by atoms with van der Waals surface area (Å²) in [5.74, 6) is 0.466. The highest BCUT2D eigenvalue weighted by molar-refractivity contribution is 6.31. The van der Waals surface area contributed by atoms with Crippen LogP contribution in [0.2, 0.25) is 5.02 Å². The molecule has 1 atom stereocenters. The van der Waals surface area contributed by atoms with E-state index in [9.17, 15) is 9.59 Å². The van der Waals surface area contributed by atoms with Crippen LogP contribution in [0.25, 0.3) is 0 Å². The van der Waals surface area contributed by atoms with E-state index in [4.69, 9.17) is 25.5 Å². The molecular weight excluding hydrogens is 396 g/mol. The molecule has 0 bridgehead atoms. The summed E-state index contributed by atoms with van der Waals surface area (Å²) in [6, 6.07) is 14.8. The average molecular weight is 415 g/mol. The number of ether oxygens (including phenoxy) is 2. The van der Waals surface area contributed by atoms with Gasteiger partial charge in [-0.25, -0.2) is 0 Å². The monoisotopic (exact) mass is 414 g/mol. The van der Waals surface area contributed by atoms with E-state index in [1.54, 1.807) is 61.5 Å². The van der Waals surface area contributed by atoms with Crippen LogP contribution in [-0.2, 0) is 4.79 Å². The second-order valence-corrected chi connectivity index (χ2v) is 6.49. The fraction of sp³-hybridized carbons (Fsp3) is 0.143. The molecule has 1 aromatic heterocycles. The van der Waals surface area contributed by atoms with Crippen molar-refractivity contribution in [3.8, 4) is 11.5 Å². The van der Waals surface area contributed by atoms with Crippen LogP contribution in [0.1, 0.15) is 17.5 Å². The fourth-order valence-corrected chi connectivity index (χ4v) is 2.66. The zero-order valence-electron chi connectivity index (χ0n) is 15.8. The van der Waals surface area contributed by atoms with Crippen LogP contribution in [0.5, 0.6) is 11.5 Å². The van der Waals surface area contributed by atoms with Gasteiger partial charge in [-0.15, -0.1) is 0 Å². The number of methoxy groups -OCH3 is 1. The van der Waals surface area contributed by atoms with Gasteiger partial charge in [0, 0.05) is 10.7 Å². The molecule has 3 aromatic rings. The van der Waals surface area contributed by atoms with E-state index in [0.717, 1.165) is 0 Å². The maximum absolute atomic E-state index is 12.4. The van der Waals surface area contributed by atoms with Gasteiger partial charge in [0.05, 0.1) is 19.1 Å². The van der Waals surface area contributed by atoms with Crippen LogP contribution in [0, 0.1) is 0 Å². The molecule has 2 aromatic carbocycles. The van der Waals surface area contributed by atoms with Gasteiger partial charge in [-0.05, 0) is 61.5 Å². The van der Waals surface area contributed by atoms with Crippen LogP contribution in [0.3, 0.4) is 0 Å². The van der Waals surface area contributed by atoms with Crippen LogP contribution >= 0.6 is 11.6 Å². The smallest absolute Gasteiger partial charge is 0.291 e. The standard InChI is InChI=1S/C21H19ClN2O5/c1-13(20(25)24-17-12-14(22)5-10-18(17)27-2)29-16-8-6-15(7-9-16)23-21(26)19-4-3-11-28-19/h3-13H,1-2H3,(H,23,26)(H,24,25). The number of carbonyl (C=O) groups excluding carboxylic acids is 2. The molecule has 2 amide bonds. The minimum Gasteiger partial charge on any atom is -0.495 e. The van der Waals surface area contributed by atoms with Crippen molar-refractivity contribution in [2.75, 3.05) is 17.7 Å². The summed E-state index contributed by atoms with van der Waals surface area (Å²) in [6.07, 6.45) is 0.652. The number of furan rings is 1. The Morgan fingerprint density at radius 3 is 2.48 bits per heavy atom. The molecule has 0 fully saturated rings. The van der Waals surface area contributed by atoms with Gasteiger partial charge in [0.15, 0.2) is 11.9 Å². The van der Waals surface area contributed by atoms with Gasteiger partial charge in [-0.2, -0.15) is 0 Å². The van der Waals surface area contributed by atoms with Crippen LogP contribution in [0.4, 0.5) is 11.4 Å². The van der Waals surface area contributed by atoms with Gasteiger partial charge in [-0.1, -0.05) is 11.6 Å². The molecule has 29 heavy (non-hydrogen) atoms. The molecule has 0 aliphatic carbocycles. The Balaban J connectivity index is 1.59. The Kier molecular flexibility index (Phi) is 6.41. The first-order valence-electron chi connectivity index (χ1n) is 8.72. The number of hydrogen-bond acceptors (Lipinski definition) is 5. The molecule has 1 heterocycles. The highest BCUT2D eigenvalue weighted by Crippen LogP contribution is 2.28. The quantitative estimate of drug-likeness (QED) is 0.589. The molecule has 0 spiro atoms. The van der Waals surface area contributed by atoms with E-state index < -0.39 is 6.10 Å². The lowest BCUT2D eigenvalue weighted by molar-refractivity contribution is -0.122. The van der Waals surface area contributed by atoms with E-state index in [2.05, 4.69) is 10.6 Å². The highest BCUT2D eigenvalue weighted by Gasteiger charge is 2.17. The number of rotatable bonds is 7. The maximum Gasteiger partial charge on any atom is 0.291 e. The van der Waals surface area contributed by atoms with E-state index in [1.807, 2.05) is 0 Å². The van der Waals surface area contributed by atoms with Crippen molar-refractivity contribution in [3.63, 3.8) is 0 Å². The second kappa shape index (κ2) is 9.16. The van der Waals surface area contributed by atoms with Gasteiger partial charge < -0.3 is 24.5 Å². The van der Waals surface area contributed by atoms with E-state index in [0.29, 0.717) is 27.9 Å². The molecule has 0 saturated carbocycles. The van der Waals surface area contributed by atoms with Gasteiger partial charge in [0.2, 0.25) is 0 Å². The zero-order chi connectivity index (χ0) is 20.8. The molecular formula is C21H19ClN2O5. The first-order chi connectivity index (χ1) is 14.0. The van der Waals surface area contributed by atoms with Crippen molar-refractivity contribution in [2.45, 2.75) is 13.0 Å². The second-order valence-electron chi connectivity index (χ2n) is 6.05. The van der Waals surface area contributed by atoms with Crippen LogP contribution < -0.4 is 20.1 Å². The molecule has 8 heteroatoms. The lowest BCUT2D eigenvalue weighted by Crippen LogP contribution is -2.30. The summed E-state index contributed by atoms with van der Waals surface area (Å²) in [6.45, 7) is 1.62. The summed E-state index contributed by atoms with van der Waals surface area (Å²) in [5, 5.41) is 5.91. The first kappa shape index (κ1) is 20.3. The Morgan fingerprint density at radius 1 is 1.07 bits per heavy atom. The SMILES string of the molecule is COc1ccc(Cl)cc1NC(=O)C(C)Oc1ccc(NC(=O)c2ccco2)cc1. The number of amides is 2. The number of anilines is 2. The molecule has 7 nitrogen and oxygen atoms in total. The normalized spacial score (nSPS) is 11.4. The van der Waals surface area contributed by atoms with Gasteiger partial charge >= 0.3 is 0 Å². The Hall–Kier alpha value is -3.45. The fourth-order valence-electron chi connectivity index (χ4n) is 2.49. The summed E-state index contributed by atoms with van der Waals surface area (Å²) in [7, 11) is 1.51. The van der Waals surface area contributed by atoms with Crippen molar-refractivity contribution >= 4 is 34.8 Å². The molecule has 0 aliphatic rings. The highest BCUT2D eigenvalue weighted by atomic mass is 35.5. The topological polar surface area (TPSA) is 89.8 Å². The lowest BCUT2D eigenvalue weighted by atomic mass is 10.2. The molecule has 0 saturated heterocycles. The summed E-state index contributed by atoms with van der Waals surface area (Å²) in [4.78, 5) is 24.4. The van der Waals surface area contributed by atoms with Crippen LogP contribution in [-0.4, -0.2) is 25.0 Å². The average Bonchev–Trinajstić information content (AvgIpc) is 3.24. The van der Waals surface area contributed by atoms with Gasteiger partial charge in [0.25, 0.3) is 11.8 Å². The zero-order valence-corrected chi connectivity index (χ0v) is 16.5.